The zero-order valence-electron chi connectivity index (χ0n) is 12.3. The van der Waals surface area contributed by atoms with Crippen LogP contribution in [-0.4, -0.2) is 36.1 Å². The monoisotopic (exact) mass is 262 g/mol. The van der Waals surface area contributed by atoms with E-state index in [9.17, 15) is 0 Å². The van der Waals surface area contributed by atoms with Crippen LogP contribution < -0.4 is 5.32 Å². The van der Waals surface area contributed by atoms with Gasteiger partial charge in [0.15, 0.2) is 0 Å². The summed E-state index contributed by atoms with van der Waals surface area (Å²) in [5.41, 5.74) is 0. The van der Waals surface area contributed by atoms with Gasteiger partial charge in [-0.25, -0.2) is 0 Å². The second-order valence-corrected chi connectivity index (χ2v) is 7.72. The topological polar surface area (TPSA) is 15.3 Å². The summed E-state index contributed by atoms with van der Waals surface area (Å²) in [7, 11) is 0. The highest BCUT2D eigenvalue weighted by Crippen LogP contribution is 2.36. The van der Waals surface area contributed by atoms with E-state index in [4.69, 9.17) is 0 Å². The van der Waals surface area contributed by atoms with Crippen molar-refractivity contribution in [3.8, 4) is 0 Å². The molecular formula is C17H30N2. The summed E-state index contributed by atoms with van der Waals surface area (Å²) < 4.78 is 0. The lowest BCUT2D eigenvalue weighted by molar-refractivity contribution is 0.138. The van der Waals surface area contributed by atoms with Crippen molar-refractivity contribution < 1.29 is 0 Å². The fraction of sp³-hybridized carbons (Fsp3) is 1.00. The van der Waals surface area contributed by atoms with Gasteiger partial charge in [-0.2, -0.15) is 0 Å². The highest BCUT2D eigenvalue weighted by atomic mass is 15.2. The number of piperidine rings is 1. The van der Waals surface area contributed by atoms with E-state index in [1.165, 1.54) is 77.3 Å². The standard InChI is InChI=1S/C17H30N2/c1-2-4-17-14(3-1)7-8-15(18-17)12-19(16-9-10-16)11-13-5-6-13/h13-18H,1-12H2. The van der Waals surface area contributed by atoms with Gasteiger partial charge in [0.25, 0.3) is 0 Å². The van der Waals surface area contributed by atoms with Crippen LogP contribution in [0, 0.1) is 11.8 Å². The Bertz CT molecular complexity index is 308. The molecule has 0 bridgehead atoms. The third kappa shape index (κ3) is 3.16. The van der Waals surface area contributed by atoms with Crippen LogP contribution >= 0.6 is 0 Å². The molecule has 4 fully saturated rings. The molecular weight excluding hydrogens is 232 g/mol. The Morgan fingerprint density at radius 3 is 2.42 bits per heavy atom. The molecule has 0 radical (unpaired) electrons. The van der Waals surface area contributed by atoms with Crippen LogP contribution in [0.25, 0.3) is 0 Å². The van der Waals surface area contributed by atoms with Gasteiger partial charge in [0.2, 0.25) is 0 Å². The summed E-state index contributed by atoms with van der Waals surface area (Å²) in [5, 5.41) is 4.02. The highest BCUT2D eigenvalue weighted by Gasteiger charge is 2.37. The Kier molecular flexibility index (Phi) is 3.57. The molecule has 1 heterocycles. The van der Waals surface area contributed by atoms with Gasteiger partial charge >= 0.3 is 0 Å². The molecule has 4 aliphatic rings. The maximum absolute atomic E-state index is 4.02. The van der Waals surface area contributed by atoms with Gasteiger partial charge in [-0.15, -0.1) is 0 Å². The molecule has 2 heteroatoms. The van der Waals surface area contributed by atoms with Gasteiger partial charge in [0, 0.05) is 31.2 Å². The number of hydrogen-bond acceptors (Lipinski definition) is 2. The van der Waals surface area contributed by atoms with Crippen LogP contribution in [0.4, 0.5) is 0 Å². The molecule has 3 aliphatic carbocycles. The van der Waals surface area contributed by atoms with Gasteiger partial charge in [0.05, 0.1) is 0 Å². The quantitative estimate of drug-likeness (QED) is 0.818. The average molecular weight is 262 g/mol. The second kappa shape index (κ2) is 5.37. The van der Waals surface area contributed by atoms with Crippen LogP contribution in [0.3, 0.4) is 0 Å². The predicted molar refractivity (Wildman–Crippen MR) is 79.2 cm³/mol. The van der Waals surface area contributed by atoms with Crippen LogP contribution in [-0.2, 0) is 0 Å². The summed E-state index contributed by atoms with van der Waals surface area (Å²) in [6, 6.07) is 2.64. The molecule has 0 spiro atoms. The summed E-state index contributed by atoms with van der Waals surface area (Å²) in [4.78, 5) is 2.85. The summed E-state index contributed by atoms with van der Waals surface area (Å²) >= 11 is 0. The highest BCUT2D eigenvalue weighted by molar-refractivity contribution is 4.94. The van der Waals surface area contributed by atoms with E-state index >= 15 is 0 Å². The Morgan fingerprint density at radius 2 is 1.63 bits per heavy atom. The van der Waals surface area contributed by atoms with E-state index in [1.54, 1.807) is 0 Å². The van der Waals surface area contributed by atoms with E-state index in [0.29, 0.717) is 0 Å². The lowest BCUT2D eigenvalue weighted by Crippen LogP contribution is -2.53. The summed E-state index contributed by atoms with van der Waals surface area (Å²) in [6.45, 7) is 2.77. The summed E-state index contributed by atoms with van der Waals surface area (Å²) in [6.07, 6.45) is 14.8. The van der Waals surface area contributed by atoms with E-state index in [0.717, 1.165) is 30.0 Å². The molecule has 0 aromatic carbocycles. The van der Waals surface area contributed by atoms with Crippen molar-refractivity contribution in [3.05, 3.63) is 0 Å². The fourth-order valence-electron chi connectivity index (χ4n) is 4.45. The lowest BCUT2D eigenvalue weighted by Gasteiger charge is -2.42. The Labute approximate surface area is 118 Å². The first-order chi connectivity index (χ1) is 9.38. The minimum Gasteiger partial charge on any atom is -0.310 e. The van der Waals surface area contributed by atoms with Crippen molar-refractivity contribution in [2.24, 2.45) is 11.8 Å². The number of rotatable bonds is 5. The molecule has 108 valence electrons. The zero-order chi connectivity index (χ0) is 12.7. The van der Waals surface area contributed by atoms with Gasteiger partial charge in [-0.3, -0.25) is 4.90 Å². The van der Waals surface area contributed by atoms with Crippen molar-refractivity contribution in [3.63, 3.8) is 0 Å². The molecule has 3 saturated carbocycles. The van der Waals surface area contributed by atoms with Crippen LogP contribution in [0.5, 0.6) is 0 Å². The van der Waals surface area contributed by atoms with E-state index in [-0.39, 0.29) is 0 Å². The van der Waals surface area contributed by atoms with Crippen molar-refractivity contribution in [2.45, 2.75) is 82.3 Å². The molecule has 0 aromatic heterocycles. The van der Waals surface area contributed by atoms with Gasteiger partial charge in [0.1, 0.15) is 0 Å². The maximum Gasteiger partial charge on any atom is 0.0197 e. The van der Waals surface area contributed by atoms with Gasteiger partial charge in [-0.1, -0.05) is 12.8 Å². The van der Waals surface area contributed by atoms with Crippen LogP contribution in [0.15, 0.2) is 0 Å². The number of nitrogens with zero attached hydrogens (tertiary/aromatic N) is 1. The molecule has 0 amide bonds. The molecule has 3 unspecified atom stereocenters. The Hall–Kier alpha value is -0.0800. The second-order valence-electron chi connectivity index (χ2n) is 7.72. The molecule has 1 N–H and O–H groups in total. The number of hydrogen-bond donors (Lipinski definition) is 1. The smallest absolute Gasteiger partial charge is 0.0197 e. The van der Waals surface area contributed by atoms with Crippen molar-refractivity contribution in [1.82, 2.24) is 10.2 Å². The Balaban J connectivity index is 1.31. The van der Waals surface area contributed by atoms with E-state index in [2.05, 4.69) is 10.2 Å². The first kappa shape index (κ1) is 12.6. The minimum atomic E-state index is 0.804. The fourth-order valence-corrected chi connectivity index (χ4v) is 4.45. The Morgan fingerprint density at radius 1 is 0.789 bits per heavy atom. The molecule has 2 nitrogen and oxygen atoms in total. The SMILES string of the molecule is C1CCC2NC(CN(CC3CC3)C3CC3)CCC2C1. The predicted octanol–water partition coefficient (Wildman–Crippen LogP) is 3.17. The van der Waals surface area contributed by atoms with Crippen molar-refractivity contribution in [1.29, 1.82) is 0 Å². The summed E-state index contributed by atoms with van der Waals surface area (Å²) in [5.74, 6) is 2.08. The first-order valence-corrected chi connectivity index (χ1v) is 8.88. The van der Waals surface area contributed by atoms with Crippen LogP contribution in [0.2, 0.25) is 0 Å². The van der Waals surface area contributed by atoms with E-state index in [1.807, 2.05) is 0 Å². The van der Waals surface area contributed by atoms with Crippen molar-refractivity contribution >= 4 is 0 Å². The number of fused-ring (bicyclic) bond motifs is 1. The normalized spacial score (nSPS) is 39.3. The third-order valence-corrected chi connectivity index (χ3v) is 5.95. The molecule has 4 rings (SSSR count). The molecule has 0 aromatic rings. The van der Waals surface area contributed by atoms with E-state index < -0.39 is 0 Å². The first-order valence-electron chi connectivity index (χ1n) is 8.88. The number of nitrogens with one attached hydrogen (secondary N) is 1. The molecule has 1 saturated heterocycles. The lowest BCUT2D eigenvalue weighted by atomic mass is 9.77. The average Bonchev–Trinajstić information content (AvgIpc) is 3.30. The largest absolute Gasteiger partial charge is 0.310 e. The molecule has 1 aliphatic heterocycles. The maximum atomic E-state index is 4.02. The zero-order valence-corrected chi connectivity index (χ0v) is 12.3. The third-order valence-electron chi connectivity index (χ3n) is 5.95. The molecule has 3 atom stereocenters. The molecule has 19 heavy (non-hydrogen) atoms. The van der Waals surface area contributed by atoms with Gasteiger partial charge in [-0.05, 0) is 63.2 Å². The minimum absolute atomic E-state index is 0.804. The van der Waals surface area contributed by atoms with Crippen LogP contribution in [0.1, 0.15) is 64.2 Å². The van der Waals surface area contributed by atoms with Crippen molar-refractivity contribution in [2.75, 3.05) is 13.1 Å². The van der Waals surface area contributed by atoms with Gasteiger partial charge < -0.3 is 5.32 Å².